The molecular weight excluding hydrogens is 399 g/mol. The van der Waals surface area contributed by atoms with E-state index in [4.69, 9.17) is 9.90 Å². The van der Waals surface area contributed by atoms with Gasteiger partial charge in [0.25, 0.3) is 12.4 Å². The van der Waals surface area contributed by atoms with E-state index >= 15 is 0 Å². The number of carbonyl (C=O) groups excluding carboxylic acids is 1. The van der Waals surface area contributed by atoms with Crippen molar-refractivity contribution in [2.24, 2.45) is 5.92 Å². The maximum atomic E-state index is 12.6. The van der Waals surface area contributed by atoms with E-state index in [1.165, 1.54) is 18.2 Å². The number of alkyl halides is 3. The largest absolute Gasteiger partial charge is 0.573 e. The third kappa shape index (κ3) is 4.71. The summed E-state index contributed by atoms with van der Waals surface area (Å²) in [5.41, 5.74) is 0.259. The molecule has 1 aromatic heterocycles. The molecule has 3 aliphatic rings. The summed E-state index contributed by atoms with van der Waals surface area (Å²) in [5.74, 6) is -0.0897. The Morgan fingerprint density at radius 3 is 2.61 bits per heavy atom. The van der Waals surface area contributed by atoms with Gasteiger partial charge >= 0.3 is 6.36 Å². The van der Waals surface area contributed by atoms with Crippen LogP contribution in [0, 0.1) is 5.92 Å². The smallest absolute Gasteiger partial charge is 0.483 e. The van der Waals surface area contributed by atoms with Crippen LogP contribution in [0.15, 0.2) is 18.2 Å². The molecule has 28 heavy (non-hydrogen) atoms. The van der Waals surface area contributed by atoms with Gasteiger partial charge in [0.2, 0.25) is 0 Å². The van der Waals surface area contributed by atoms with Crippen molar-refractivity contribution in [3.8, 4) is 5.75 Å². The summed E-state index contributed by atoms with van der Waals surface area (Å²) in [6.45, 7) is 2.76. The average molecular weight is 417 g/mol. The number of nitrogens with zero attached hydrogens (tertiary/aromatic N) is 2. The standard InChI is InChI=1S/C16H16F3N3O2S.CH2O2/c17-16(18,19)24-10-1-2-11-13(7-10)25-21-14(11)15(23)20-12-8-22-5-3-9(12)4-6-22;2-1-3/h1-2,7,9,12H,3-6,8H2,(H,20,23);1H,(H,2,3)/t12-;/m0./s1. The van der Waals surface area contributed by atoms with E-state index in [0.29, 0.717) is 16.0 Å². The Balaban J connectivity index is 0.000000706. The lowest BCUT2D eigenvalue weighted by Crippen LogP contribution is -2.57. The van der Waals surface area contributed by atoms with Gasteiger partial charge in [-0.1, -0.05) is 0 Å². The number of piperidine rings is 3. The monoisotopic (exact) mass is 417 g/mol. The number of amides is 1. The van der Waals surface area contributed by atoms with Crippen LogP contribution in [0.1, 0.15) is 23.3 Å². The molecule has 152 valence electrons. The average Bonchev–Trinajstić information content (AvgIpc) is 3.05. The molecule has 1 atom stereocenters. The minimum Gasteiger partial charge on any atom is -0.483 e. The van der Waals surface area contributed by atoms with E-state index in [0.717, 1.165) is 44.0 Å². The van der Waals surface area contributed by atoms with Crippen LogP contribution in [-0.2, 0) is 4.79 Å². The van der Waals surface area contributed by atoms with Gasteiger partial charge in [0.15, 0.2) is 0 Å². The van der Waals surface area contributed by atoms with Crippen LogP contribution in [-0.4, -0.2) is 58.8 Å². The van der Waals surface area contributed by atoms with Crippen molar-refractivity contribution in [2.45, 2.75) is 25.2 Å². The first kappa shape index (κ1) is 20.3. The van der Waals surface area contributed by atoms with Crippen molar-refractivity contribution in [3.63, 3.8) is 0 Å². The summed E-state index contributed by atoms with van der Waals surface area (Å²) in [7, 11) is 0. The molecule has 0 spiro atoms. The maximum Gasteiger partial charge on any atom is 0.573 e. The predicted molar refractivity (Wildman–Crippen MR) is 95.4 cm³/mol. The molecule has 2 N–H and O–H groups in total. The van der Waals surface area contributed by atoms with Gasteiger partial charge in [0.1, 0.15) is 11.4 Å². The lowest BCUT2D eigenvalue weighted by Gasteiger charge is -2.44. The summed E-state index contributed by atoms with van der Waals surface area (Å²) in [6, 6.07) is 4.02. The van der Waals surface area contributed by atoms with E-state index in [-0.39, 0.29) is 29.9 Å². The van der Waals surface area contributed by atoms with Crippen molar-refractivity contribution in [1.82, 2.24) is 14.6 Å². The molecule has 0 unspecified atom stereocenters. The summed E-state index contributed by atoms with van der Waals surface area (Å²) in [6.07, 6.45) is -2.57. The lowest BCUT2D eigenvalue weighted by atomic mass is 9.84. The molecule has 5 rings (SSSR count). The molecule has 0 radical (unpaired) electrons. The molecule has 4 heterocycles. The van der Waals surface area contributed by atoms with Crippen LogP contribution >= 0.6 is 11.5 Å². The third-order valence-electron chi connectivity index (χ3n) is 4.86. The minimum atomic E-state index is -4.74. The number of fused-ring (bicyclic) bond motifs is 4. The zero-order chi connectivity index (χ0) is 20.3. The number of ether oxygens (including phenoxy) is 1. The molecule has 3 aliphatic heterocycles. The molecule has 11 heteroatoms. The van der Waals surface area contributed by atoms with Gasteiger partial charge in [-0.2, -0.15) is 4.37 Å². The van der Waals surface area contributed by atoms with Crippen molar-refractivity contribution in [1.29, 1.82) is 0 Å². The van der Waals surface area contributed by atoms with E-state index in [1.54, 1.807) is 0 Å². The second-order valence-corrected chi connectivity index (χ2v) is 7.37. The molecule has 3 saturated heterocycles. The maximum absolute atomic E-state index is 12.6. The van der Waals surface area contributed by atoms with Crippen LogP contribution in [0.2, 0.25) is 0 Å². The Labute approximate surface area is 162 Å². The van der Waals surface area contributed by atoms with Crippen molar-refractivity contribution in [2.75, 3.05) is 19.6 Å². The van der Waals surface area contributed by atoms with Crippen LogP contribution in [0.25, 0.3) is 10.1 Å². The van der Waals surface area contributed by atoms with Gasteiger partial charge in [0.05, 0.1) is 4.70 Å². The number of hydrogen-bond acceptors (Lipinski definition) is 6. The number of rotatable bonds is 3. The number of benzene rings is 1. The van der Waals surface area contributed by atoms with Crippen LogP contribution in [0.4, 0.5) is 13.2 Å². The van der Waals surface area contributed by atoms with Gasteiger partial charge in [-0.3, -0.25) is 9.59 Å². The van der Waals surface area contributed by atoms with Gasteiger partial charge in [-0.15, -0.1) is 13.2 Å². The fraction of sp³-hybridized carbons (Fsp3) is 0.471. The Kier molecular flexibility index (Phi) is 6.04. The van der Waals surface area contributed by atoms with Crippen LogP contribution in [0.3, 0.4) is 0 Å². The SMILES string of the molecule is O=C(N[C@H]1CN2CCC1CC2)c1nsc2cc(OC(F)(F)F)ccc12.O=CO. The summed E-state index contributed by atoms with van der Waals surface area (Å²) < 4.78 is 45.5. The van der Waals surface area contributed by atoms with E-state index in [9.17, 15) is 18.0 Å². The number of carbonyl (C=O) groups is 2. The van der Waals surface area contributed by atoms with E-state index < -0.39 is 6.36 Å². The van der Waals surface area contributed by atoms with E-state index in [2.05, 4.69) is 19.3 Å². The normalized spacial score (nSPS) is 23.6. The van der Waals surface area contributed by atoms with E-state index in [1.807, 2.05) is 0 Å². The first-order chi connectivity index (χ1) is 13.3. The molecule has 1 aromatic carbocycles. The fourth-order valence-corrected chi connectivity index (χ4v) is 4.45. The molecule has 2 aromatic rings. The third-order valence-corrected chi connectivity index (χ3v) is 5.67. The molecule has 2 bridgehead atoms. The van der Waals surface area contributed by atoms with Gasteiger partial charge in [0, 0.05) is 18.0 Å². The zero-order valence-electron chi connectivity index (χ0n) is 14.6. The first-order valence-electron chi connectivity index (χ1n) is 8.57. The van der Waals surface area contributed by atoms with Crippen LogP contribution in [0.5, 0.6) is 5.75 Å². The number of carboxylic acid groups (broad SMARTS) is 1. The highest BCUT2D eigenvalue weighted by Crippen LogP contribution is 2.31. The highest BCUT2D eigenvalue weighted by molar-refractivity contribution is 7.13. The Morgan fingerprint density at radius 2 is 2.04 bits per heavy atom. The second-order valence-electron chi connectivity index (χ2n) is 6.56. The topological polar surface area (TPSA) is 91.8 Å². The lowest BCUT2D eigenvalue weighted by molar-refractivity contribution is -0.274. The summed E-state index contributed by atoms with van der Waals surface area (Å²) >= 11 is 0.991. The van der Waals surface area contributed by atoms with Crippen molar-refractivity contribution < 1.29 is 32.6 Å². The summed E-state index contributed by atoms with van der Waals surface area (Å²) in [4.78, 5) is 23.3. The minimum absolute atomic E-state index is 0.111. The quantitative estimate of drug-likeness (QED) is 0.747. The number of hydrogen-bond donors (Lipinski definition) is 2. The molecule has 3 fully saturated rings. The fourth-order valence-electron chi connectivity index (χ4n) is 3.64. The molecule has 1 amide bonds. The Bertz CT molecular complexity index is 850. The highest BCUT2D eigenvalue weighted by atomic mass is 32.1. The molecular formula is C17H18F3N3O4S. The van der Waals surface area contributed by atoms with Crippen molar-refractivity contribution >= 4 is 34.0 Å². The number of aromatic nitrogens is 1. The van der Waals surface area contributed by atoms with Gasteiger partial charge < -0.3 is 20.1 Å². The highest BCUT2D eigenvalue weighted by Gasteiger charge is 2.35. The van der Waals surface area contributed by atoms with Gasteiger partial charge in [-0.05, 0) is 61.6 Å². The zero-order valence-corrected chi connectivity index (χ0v) is 15.4. The molecule has 0 aliphatic carbocycles. The Hall–Kier alpha value is -2.40. The Morgan fingerprint density at radius 1 is 1.36 bits per heavy atom. The predicted octanol–water partition coefficient (Wildman–Crippen LogP) is 2.72. The molecule has 7 nitrogen and oxygen atoms in total. The summed E-state index contributed by atoms with van der Waals surface area (Å²) in [5, 5.41) is 10.5. The second kappa shape index (κ2) is 8.31. The van der Waals surface area contributed by atoms with Crippen LogP contribution < -0.4 is 10.1 Å². The number of nitrogens with one attached hydrogen (secondary N) is 1. The van der Waals surface area contributed by atoms with Crippen molar-refractivity contribution in [3.05, 3.63) is 23.9 Å². The molecule has 0 saturated carbocycles. The van der Waals surface area contributed by atoms with Gasteiger partial charge in [-0.25, -0.2) is 0 Å². The first-order valence-corrected chi connectivity index (χ1v) is 9.34. The number of halogens is 3.